The van der Waals surface area contributed by atoms with Gasteiger partial charge in [-0.1, -0.05) is 53.7 Å². The van der Waals surface area contributed by atoms with Gasteiger partial charge in [0.2, 0.25) is 0 Å². The predicted molar refractivity (Wildman–Crippen MR) is 90.7 cm³/mol. The molecule has 4 nitrogen and oxygen atoms in total. The third-order valence-corrected chi connectivity index (χ3v) is 5.56. The standard InChI is InChI=1S/C20H18N2O2/c23-20(14-9-5-2-6-10-14)22-12-15-11-16(22)19-17(15)18(21-24-19)13-7-3-1-4-8-13/h1-10,15-17,19H,11-12H2. The summed E-state index contributed by atoms with van der Waals surface area (Å²) < 4.78 is 0. The van der Waals surface area contributed by atoms with Gasteiger partial charge in [0, 0.05) is 12.1 Å². The highest BCUT2D eigenvalue weighted by Gasteiger charge is 2.59. The monoisotopic (exact) mass is 318 g/mol. The van der Waals surface area contributed by atoms with Crippen molar-refractivity contribution in [2.24, 2.45) is 17.0 Å². The molecule has 120 valence electrons. The highest BCUT2D eigenvalue weighted by Crippen LogP contribution is 2.48. The van der Waals surface area contributed by atoms with E-state index in [0.29, 0.717) is 11.8 Å². The molecule has 0 N–H and O–H groups in total. The van der Waals surface area contributed by atoms with E-state index in [2.05, 4.69) is 17.3 Å². The second-order valence-corrected chi connectivity index (χ2v) is 6.83. The number of hydrogen-bond donors (Lipinski definition) is 0. The number of hydrogen-bond acceptors (Lipinski definition) is 3. The molecule has 0 spiro atoms. The molecule has 2 bridgehead atoms. The fourth-order valence-electron chi connectivity index (χ4n) is 4.51. The zero-order chi connectivity index (χ0) is 16.1. The Balaban J connectivity index is 1.40. The number of fused-ring (bicyclic) bond motifs is 5. The number of carbonyl (C=O) groups is 1. The van der Waals surface area contributed by atoms with Gasteiger partial charge in [0.1, 0.15) is 0 Å². The molecular weight excluding hydrogens is 300 g/mol. The minimum Gasteiger partial charge on any atom is -0.389 e. The normalized spacial score (nSPS) is 30.0. The highest BCUT2D eigenvalue weighted by atomic mass is 16.6. The van der Waals surface area contributed by atoms with Crippen LogP contribution in [0.2, 0.25) is 0 Å². The van der Waals surface area contributed by atoms with Gasteiger partial charge in [0.25, 0.3) is 5.91 Å². The van der Waals surface area contributed by atoms with Gasteiger partial charge in [-0.25, -0.2) is 0 Å². The second kappa shape index (κ2) is 5.20. The first kappa shape index (κ1) is 13.8. The fourth-order valence-corrected chi connectivity index (χ4v) is 4.51. The zero-order valence-electron chi connectivity index (χ0n) is 13.2. The average molecular weight is 318 g/mol. The van der Waals surface area contributed by atoms with Crippen molar-refractivity contribution in [2.45, 2.75) is 18.6 Å². The molecule has 3 aliphatic rings. The summed E-state index contributed by atoms with van der Waals surface area (Å²) in [6.07, 6.45) is 1.02. The molecule has 2 fully saturated rings. The first-order chi connectivity index (χ1) is 11.8. The maximum atomic E-state index is 12.8. The van der Waals surface area contributed by atoms with Crippen LogP contribution in [0.1, 0.15) is 22.3 Å². The van der Waals surface area contributed by atoms with Crippen molar-refractivity contribution >= 4 is 11.6 Å². The Morgan fingerprint density at radius 2 is 1.75 bits per heavy atom. The maximum Gasteiger partial charge on any atom is 0.254 e. The molecule has 5 rings (SSSR count). The summed E-state index contributed by atoms with van der Waals surface area (Å²) in [5, 5.41) is 4.38. The summed E-state index contributed by atoms with van der Waals surface area (Å²) in [5.41, 5.74) is 2.95. The van der Waals surface area contributed by atoms with Crippen LogP contribution in [-0.4, -0.2) is 35.2 Å². The Kier molecular flexibility index (Phi) is 2.98. The molecule has 2 heterocycles. The molecule has 4 atom stereocenters. The molecule has 1 saturated heterocycles. The van der Waals surface area contributed by atoms with E-state index >= 15 is 0 Å². The third kappa shape index (κ3) is 1.92. The van der Waals surface area contributed by atoms with E-state index < -0.39 is 0 Å². The molecule has 2 aliphatic heterocycles. The van der Waals surface area contributed by atoms with Crippen molar-refractivity contribution in [3.8, 4) is 0 Å². The first-order valence-electron chi connectivity index (χ1n) is 8.48. The van der Waals surface area contributed by atoms with Crippen molar-refractivity contribution in [1.29, 1.82) is 0 Å². The van der Waals surface area contributed by atoms with Gasteiger partial charge in [-0.15, -0.1) is 0 Å². The number of nitrogens with zero attached hydrogens (tertiary/aromatic N) is 2. The SMILES string of the molecule is O=C(c1ccccc1)N1CC2CC1C1ON=C(c3ccccc3)C21. The average Bonchev–Trinajstić information content (AvgIpc) is 3.34. The Morgan fingerprint density at radius 3 is 2.50 bits per heavy atom. The Bertz CT molecular complexity index is 803. The third-order valence-electron chi connectivity index (χ3n) is 5.56. The highest BCUT2D eigenvalue weighted by molar-refractivity contribution is 6.04. The van der Waals surface area contributed by atoms with Gasteiger partial charge in [0.15, 0.2) is 6.10 Å². The molecule has 1 amide bonds. The van der Waals surface area contributed by atoms with Gasteiger partial charge < -0.3 is 9.74 Å². The van der Waals surface area contributed by atoms with Crippen molar-refractivity contribution in [1.82, 2.24) is 4.90 Å². The number of carbonyl (C=O) groups excluding carboxylic acids is 1. The molecule has 0 aromatic heterocycles. The van der Waals surface area contributed by atoms with E-state index in [-0.39, 0.29) is 18.1 Å². The lowest BCUT2D eigenvalue weighted by atomic mass is 9.85. The van der Waals surface area contributed by atoms with Crippen LogP contribution in [0.25, 0.3) is 0 Å². The topological polar surface area (TPSA) is 41.9 Å². The van der Waals surface area contributed by atoms with Crippen LogP contribution in [0.5, 0.6) is 0 Å². The van der Waals surface area contributed by atoms with Crippen LogP contribution in [-0.2, 0) is 4.84 Å². The van der Waals surface area contributed by atoms with Crippen molar-refractivity contribution in [3.05, 3.63) is 71.8 Å². The smallest absolute Gasteiger partial charge is 0.254 e. The molecule has 4 unspecified atom stereocenters. The zero-order valence-corrected chi connectivity index (χ0v) is 13.2. The second-order valence-electron chi connectivity index (χ2n) is 6.83. The molecule has 2 aromatic carbocycles. The fraction of sp³-hybridized carbons (Fsp3) is 0.300. The summed E-state index contributed by atoms with van der Waals surface area (Å²) >= 11 is 0. The predicted octanol–water partition coefficient (Wildman–Crippen LogP) is 2.95. The van der Waals surface area contributed by atoms with Crippen molar-refractivity contribution in [3.63, 3.8) is 0 Å². The number of likely N-dealkylation sites (tertiary alicyclic amines) is 1. The number of amides is 1. The van der Waals surface area contributed by atoms with Crippen LogP contribution < -0.4 is 0 Å². The number of rotatable bonds is 2. The van der Waals surface area contributed by atoms with E-state index in [0.717, 1.165) is 29.8 Å². The number of benzene rings is 2. The maximum absolute atomic E-state index is 12.8. The van der Waals surface area contributed by atoms with Gasteiger partial charge in [-0.05, 0) is 30.0 Å². The van der Waals surface area contributed by atoms with Crippen molar-refractivity contribution in [2.75, 3.05) is 6.54 Å². The molecule has 2 aromatic rings. The van der Waals surface area contributed by atoms with E-state index in [9.17, 15) is 4.79 Å². The lowest BCUT2D eigenvalue weighted by molar-refractivity contribution is -0.000536. The number of piperidine rings is 1. The summed E-state index contributed by atoms with van der Waals surface area (Å²) in [7, 11) is 0. The van der Waals surface area contributed by atoms with Gasteiger partial charge in [0.05, 0.1) is 17.7 Å². The van der Waals surface area contributed by atoms with Crippen LogP contribution in [0, 0.1) is 11.8 Å². The van der Waals surface area contributed by atoms with Crippen LogP contribution in [0.3, 0.4) is 0 Å². The van der Waals surface area contributed by atoms with Crippen LogP contribution in [0.4, 0.5) is 0 Å². The Morgan fingerprint density at radius 1 is 1.04 bits per heavy atom. The summed E-state index contributed by atoms with van der Waals surface area (Å²) in [6.45, 7) is 0.800. The molecule has 1 saturated carbocycles. The lowest BCUT2D eigenvalue weighted by Gasteiger charge is -2.33. The molecule has 24 heavy (non-hydrogen) atoms. The minimum atomic E-state index is 0.00613. The van der Waals surface area contributed by atoms with E-state index in [1.54, 1.807) is 0 Å². The van der Waals surface area contributed by atoms with E-state index in [1.807, 2.05) is 53.4 Å². The van der Waals surface area contributed by atoms with Crippen LogP contribution >= 0.6 is 0 Å². The largest absolute Gasteiger partial charge is 0.389 e. The van der Waals surface area contributed by atoms with Gasteiger partial charge >= 0.3 is 0 Å². The van der Waals surface area contributed by atoms with Crippen molar-refractivity contribution < 1.29 is 9.63 Å². The minimum absolute atomic E-state index is 0.00613. The van der Waals surface area contributed by atoms with Gasteiger partial charge in [-0.2, -0.15) is 0 Å². The molecule has 0 radical (unpaired) electrons. The first-order valence-corrected chi connectivity index (χ1v) is 8.48. The quantitative estimate of drug-likeness (QED) is 0.854. The molecule has 4 heteroatoms. The Labute approximate surface area is 140 Å². The number of oxime groups is 1. The summed E-state index contributed by atoms with van der Waals surface area (Å²) in [5.74, 6) is 0.865. The molecular formula is C20H18N2O2. The summed E-state index contributed by atoms with van der Waals surface area (Å²) in [6, 6.07) is 19.9. The lowest BCUT2D eigenvalue weighted by Crippen LogP contribution is -2.49. The summed E-state index contributed by atoms with van der Waals surface area (Å²) in [4.78, 5) is 20.6. The van der Waals surface area contributed by atoms with Crippen LogP contribution in [0.15, 0.2) is 65.8 Å². The van der Waals surface area contributed by atoms with E-state index in [1.165, 1.54) is 0 Å². The van der Waals surface area contributed by atoms with Gasteiger partial charge in [-0.3, -0.25) is 4.79 Å². The Hall–Kier alpha value is -2.62. The molecule has 1 aliphatic carbocycles. The van der Waals surface area contributed by atoms with E-state index in [4.69, 9.17) is 4.84 Å².